The Balaban J connectivity index is 2.46. The molecule has 0 aliphatic rings. The van der Waals surface area contributed by atoms with Crippen molar-refractivity contribution >= 4 is 13.7 Å². The van der Waals surface area contributed by atoms with Gasteiger partial charge in [-0.2, -0.15) is 13.2 Å². The number of alkyl carbamates (subject to hydrolysis) is 1. The summed E-state index contributed by atoms with van der Waals surface area (Å²) in [6.45, 7) is 2.63. The van der Waals surface area contributed by atoms with Gasteiger partial charge in [-0.1, -0.05) is 67.6 Å². The maximum absolute atomic E-state index is 14.4. The van der Waals surface area contributed by atoms with Crippen LogP contribution in [0.4, 0.5) is 18.0 Å². The molecule has 0 spiro atoms. The van der Waals surface area contributed by atoms with Gasteiger partial charge in [-0.15, -0.1) is 0 Å². The van der Waals surface area contributed by atoms with Crippen molar-refractivity contribution in [3.8, 4) is 0 Å². The molecule has 1 amide bonds. The lowest BCUT2D eigenvalue weighted by Gasteiger charge is -2.39. The second-order valence-electron chi connectivity index (χ2n) is 6.61. The number of hydrogen-bond acceptors (Lipinski definition) is 4. The van der Waals surface area contributed by atoms with Gasteiger partial charge < -0.3 is 14.2 Å². The molecule has 3 atom stereocenters. The van der Waals surface area contributed by atoms with Crippen molar-refractivity contribution in [3.63, 3.8) is 0 Å². The summed E-state index contributed by atoms with van der Waals surface area (Å²) in [6, 6.07) is 14.2. The van der Waals surface area contributed by atoms with E-state index in [2.05, 4.69) is 0 Å². The summed E-state index contributed by atoms with van der Waals surface area (Å²) < 4.78 is 65.9. The number of ether oxygens (including phenoxy) is 1. The molecule has 3 unspecified atom stereocenters. The summed E-state index contributed by atoms with van der Waals surface area (Å²) >= 11 is 0. The average molecular weight is 445 g/mol. The van der Waals surface area contributed by atoms with Gasteiger partial charge in [0, 0.05) is 0 Å². The fourth-order valence-electron chi connectivity index (χ4n) is 2.68. The highest BCUT2D eigenvalue weighted by atomic mass is 31.2. The lowest BCUT2D eigenvalue weighted by atomic mass is 10.1. The standard InChI is InChI=1S/C20H23F3NO5P/c1-3-15(2)29-30(26,27)19(20(21,22)23,17-12-8-5-9-13-17)24-18(25)28-14-16-10-6-4-7-11-16/h4-13,15H,3,14H2,1-2H3,(H,24,25)(H,26,27). The molecular formula is C20H23F3NO5P. The summed E-state index contributed by atoms with van der Waals surface area (Å²) in [5.41, 5.74) is -0.115. The van der Waals surface area contributed by atoms with Crippen LogP contribution in [0, 0.1) is 0 Å². The number of amides is 1. The molecule has 2 rings (SSSR count). The van der Waals surface area contributed by atoms with Gasteiger partial charge in [0.25, 0.3) is 5.28 Å². The highest BCUT2D eigenvalue weighted by Crippen LogP contribution is 2.66. The fourth-order valence-corrected chi connectivity index (χ4v) is 4.51. The second-order valence-corrected chi connectivity index (χ2v) is 8.53. The molecule has 0 aromatic heterocycles. The summed E-state index contributed by atoms with van der Waals surface area (Å²) in [5, 5.41) is -2.11. The molecule has 0 heterocycles. The molecule has 0 saturated carbocycles. The van der Waals surface area contributed by atoms with E-state index in [1.165, 1.54) is 25.1 Å². The molecule has 10 heteroatoms. The molecule has 0 fully saturated rings. The van der Waals surface area contributed by atoms with Crippen LogP contribution >= 0.6 is 7.60 Å². The summed E-state index contributed by atoms with van der Waals surface area (Å²) in [6.07, 6.45) is -7.67. The van der Waals surface area contributed by atoms with E-state index in [0.717, 1.165) is 12.1 Å². The van der Waals surface area contributed by atoms with Crippen LogP contribution in [0.15, 0.2) is 60.7 Å². The molecule has 2 aromatic carbocycles. The highest BCUT2D eigenvalue weighted by molar-refractivity contribution is 7.54. The minimum atomic E-state index is -5.54. The maximum Gasteiger partial charge on any atom is 0.427 e. The largest absolute Gasteiger partial charge is 0.445 e. The van der Waals surface area contributed by atoms with E-state index in [9.17, 15) is 27.4 Å². The first-order chi connectivity index (χ1) is 14.0. The minimum Gasteiger partial charge on any atom is -0.445 e. The Labute approximate surface area is 172 Å². The number of hydrogen-bond donors (Lipinski definition) is 2. The van der Waals surface area contributed by atoms with Gasteiger partial charge in [-0.05, 0) is 24.5 Å². The van der Waals surface area contributed by atoms with Gasteiger partial charge in [-0.25, -0.2) is 4.79 Å². The van der Waals surface area contributed by atoms with Crippen LogP contribution in [-0.2, 0) is 25.7 Å². The number of benzene rings is 2. The van der Waals surface area contributed by atoms with Crippen molar-refractivity contribution < 1.29 is 36.7 Å². The first-order valence-electron chi connectivity index (χ1n) is 9.16. The van der Waals surface area contributed by atoms with Gasteiger partial charge >= 0.3 is 19.9 Å². The molecule has 0 aliphatic carbocycles. The SMILES string of the molecule is CCC(C)OP(=O)(O)C(NC(=O)OCc1ccccc1)(c1ccccc1)C(F)(F)F. The lowest BCUT2D eigenvalue weighted by molar-refractivity contribution is -0.178. The molecule has 0 saturated heterocycles. The quantitative estimate of drug-likeness (QED) is 0.537. The molecular weight excluding hydrogens is 422 g/mol. The normalized spacial score (nSPS) is 16.7. The van der Waals surface area contributed by atoms with Crippen LogP contribution in [-0.4, -0.2) is 23.3 Å². The number of carbonyl (C=O) groups is 1. The molecule has 0 radical (unpaired) electrons. The molecule has 6 nitrogen and oxygen atoms in total. The molecule has 0 bridgehead atoms. The predicted molar refractivity (Wildman–Crippen MR) is 105 cm³/mol. The number of rotatable bonds is 8. The van der Waals surface area contributed by atoms with Crippen molar-refractivity contribution in [2.45, 2.75) is 44.4 Å². The van der Waals surface area contributed by atoms with Crippen LogP contribution in [0.25, 0.3) is 0 Å². The van der Waals surface area contributed by atoms with Crippen molar-refractivity contribution in [2.75, 3.05) is 0 Å². The topological polar surface area (TPSA) is 84.9 Å². The van der Waals surface area contributed by atoms with Gasteiger partial charge in [0.1, 0.15) is 6.61 Å². The minimum absolute atomic E-state index is 0.186. The Hall–Kier alpha value is -2.35. The number of alkyl halides is 3. The van der Waals surface area contributed by atoms with Crippen LogP contribution in [0.5, 0.6) is 0 Å². The van der Waals surface area contributed by atoms with E-state index in [1.54, 1.807) is 42.6 Å². The van der Waals surface area contributed by atoms with Crippen molar-refractivity contribution in [1.82, 2.24) is 5.32 Å². The Morgan fingerprint density at radius 2 is 1.63 bits per heavy atom. The van der Waals surface area contributed by atoms with E-state index in [1.807, 2.05) is 0 Å². The van der Waals surface area contributed by atoms with Crippen molar-refractivity contribution in [3.05, 3.63) is 71.8 Å². The Morgan fingerprint density at radius 3 is 2.13 bits per heavy atom. The maximum atomic E-state index is 14.4. The number of carbonyl (C=O) groups excluding carboxylic acids is 1. The van der Waals surface area contributed by atoms with Gasteiger partial charge in [0.2, 0.25) is 0 Å². The Morgan fingerprint density at radius 1 is 1.10 bits per heavy atom. The van der Waals surface area contributed by atoms with Gasteiger partial charge in [0.15, 0.2) is 0 Å². The van der Waals surface area contributed by atoms with E-state index < -0.39 is 36.8 Å². The predicted octanol–water partition coefficient (Wildman–Crippen LogP) is 5.33. The molecule has 0 aliphatic heterocycles. The van der Waals surface area contributed by atoms with Crippen LogP contribution in [0.1, 0.15) is 31.4 Å². The molecule has 164 valence electrons. The molecule has 30 heavy (non-hydrogen) atoms. The van der Waals surface area contributed by atoms with E-state index >= 15 is 0 Å². The van der Waals surface area contributed by atoms with E-state index in [-0.39, 0.29) is 13.0 Å². The van der Waals surface area contributed by atoms with Crippen LogP contribution < -0.4 is 5.32 Å². The third-order valence-electron chi connectivity index (χ3n) is 4.42. The Kier molecular flexibility index (Phi) is 7.69. The van der Waals surface area contributed by atoms with Crippen molar-refractivity contribution in [1.29, 1.82) is 0 Å². The Bertz CT molecular complexity index is 879. The highest BCUT2D eigenvalue weighted by Gasteiger charge is 2.70. The summed E-state index contributed by atoms with van der Waals surface area (Å²) in [5.74, 6) is 0. The van der Waals surface area contributed by atoms with Gasteiger partial charge in [0.05, 0.1) is 6.10 Å². The third-order valence-corrected chi connectivity index (χ3v) is 6.54. The number of nitrogens with one attached hydrogen (secondary N) is 1. The van der Waals surface area contributed by atoms with Crippen molar-refractivity contribution in [2.24, 2.45) is 0 Å². The zero-order valence-electron chi connectivity index (χ0n) is 16.4. The fraction of sp³-hybridized carbons (Fsp3) is 0.350. The zero-order valence-corrected chi connectivity index (χ0v) is 17.3. The van der Waals surface area contributed by atoms with Gasteiger partial charge in [-0.3, -0.25) is 9.88 Å². The molecule has 2 N–H and O–H groups in total. The zero-order chi connectivity index (χ0) is 22.4. The third kappa shape index (κ3) is 5.22. The molecule has 2 aromatic rings. The second kappa shape index (κ2) is 9.64. The average Bonchev–Trinajstić information content (AvgIpc) is 2.70. The van der Waals surface area contributed by atoms with E-state index in [4.69, 9.17) is 9.26 Å². The van der Waals surface area contributed by atoms with Crippen LogP contribution in [0.3, 0.4) is 0 Å². The first-order valence-corrected chi connectivity index (χ1v) is 10.7. The lowest BCUT2D eigenvalue weighted by Crippen LogP contribution is -2.56. The number of halogens is 3. The summed E-state index contributed by atoms with van der Waals surface area (Å²) in [4.78, 5) is 22.8. The van der Waals surface area contributed by atoms with E-state index in [0.29, 0.717) is 5.56 Å². The monoisotopic (exact) mass is 445 g/mol. The van der Waals surface area contributed by atoms with Crippen LogP contribution in [0.2, 0.25) is 0 Å². The summed E-state index contributed by atoms with van der Waals surface area (Å²) in [7, 11) is -5.54. The smallest absolute Gasteiger partial charge is 0.427 e. The first kappa shape index (κ1) is 23.9.